The van der Waals surface area contributed by atoms with Gasteiger partial charge < -0.3 is 10.2 Å². The molecule has 0 amide bonds. The first-order valence-electron chi connectivity index (χ1n) is 5.69. The van der Waals surface area contributed by atoms with Crippen LogP contribution in [0.25, 0.3) is 0 Å². The van der Waals surface area contributed by atoms with Gasteiger partial charge in [0.15, 0.2) is 0 Å². The van der Waals surface area contributed by atoms with Crippen LogP contribution < -0.4 is 5.73 Å². The van der Waals surface area contributed by atoms with Gasteiger partial charge in [0.25, 0.3) is 0 Å². The van der Waals surface area contributed by atoms with Gasteiger partial charge in [-0.2, -0.15) is 0 Å². The number of hydrogen-bond donors (Lipinski definition) is 1. The van der Waals surface area contributed by atoms with E-state index < -0.39 is 0 Å². The third-order valence-corrected chi connectivity index (χ3v) is 3.64. The van der Waals surface area contributed by atoms with E-state index in [1.165, 1.54) is 0 Å². The van der Waals surface area contributed by atoms with Crippen molar-refractivity contribution in [3.63, 3.8) is 0 Å². The van der Waals surface area contributed by atoms with Crippen LogP contribution in [0.15, 0.2) is 10.5 Å². The van der Waals surface area contributed by atoms with Gasteiger partial charge in [-0.15, -0.1) is 0 Å². The summed E-state index contributed by atoms with van der Waals surface area (Å²) in [5.74, 6) is 2.22. The zero-order chi connectivity index (χ0) is 11.1. The van der Waals surface area contributed by atoms with E-state index in [9.17, 15) is 0 Å². The van der Waals surface area contributed by atoms with Crippen molar-refractivity contribution < 1.29 is 4.42 Å². The highest BCUT2D eigenvalue weighted by Gasteiger charge is 2.43. The topological polar surface area (TPSA) is 39.2 Å². The first-order chi connectivity index (χ1) is 7.10. The van der Waals surface area contributed by atoms with Crippen LogP contribution in [0.2, 0.25) is 5.02 Å². The van der Waals surface area contributed by atoms with E-state index in [2.05, 4.69) is 13.8 Å². The minimum atomic E-state index is -0.214. The number of rotatable bonds is 4. The summed E-state index contributed by atoms with van der Waals surface area (Å²) >= 11 is 6.18. The highest BCUT2D eigenvalue weighted by atomic mass is 35.5. The van der Waals surface area contributed by atoms with Crippen molar-refractivity contribution in [1.29, 1.82) is 0 Å². The van der Waals surface area contributed by atoms with E-state index in [1.807, 2.05) is 6.07 Å². The molecule has 1 fully saturated rings. The van der Waals surface area contributed by atoms with Gasteiger partial charge in [-0.05, 0) is 25.7 Å². The summed E-state index contributed by atoms with van der Waals surface area (Å²) in [6, 6.07) is 1.90. The van der Waals surface area contributed by atoms with Gasteiger partial charge in [0, 0.05) is 12.0 Å². The SMILES string of the molecule is CCC(CC)c1oc(C2(N)CC2)cc1Cl. The highest BCUT2D eigenvalue weighted by Crippen LogP contribution is 2.46. The summed E-state index contributed by atoms with van der Waals surface area (Å²) in [4.78, 5) is 0. The second-order valence-corrected chi connectivity index (χ2v) is 4.90. The Hall–Kier alpha value is -0.470. The molecule has 0 bridgehead atoms. The van der Waals surface area contributed by atoms with E-state index >= 15 is 0 Å². The standard InChI is InChI=1S/C12H18ClNO/c1-3-8(4-2)11-9(13)7-10(15-11)12(14)5-6-12/h7-8H,3-6,14H2,1-2H3. The van der Waals surface area contributed by atoms with Crippen LogP contribution in [-0.2, 0) is 5.54 Å². The van der Waals surface area contributed by atoms with Crippen molar-refractivity contribution in [2.24, 2.45) is 5.73 Å². The molecule has 0 spiro atoms. The minimum absolute atomic E-state index is 0.214. The molecule has 1 saturated carbocycles. The van der Waals surface area contributed by atoms with Crippen LogP contribution in [0.1, 0.15) is 57.0 Å². The molecule has 0 aliphatic heterocycles. The van der Waals surface area contributed by atoms with Crippen molar-refractivity contribution >= 4 is 11.6 Å². The molecule has 0 atom stereocenters. The maximum Gasteiger partial charge on any atom is 0.125 e. The fraction of sp³-hybridized carbons (Fsp3) is 0.667. The Morgan fingerprint density at radius 1 is 1.47 bits per heavy atom. The third-order valence-electron chi connectivity index (χ3n) is 3.35. The van der Waals surface area contributed by atoms with Crippen molar-refractivity contribution in [2.45, 2.75) is 51.0 Å². The fourth-order valence-electron chi connectivity index (χ4n) is 1.95. The lowest BCUT2D eigenvalue weighted by molar-refractivity contribution is 0.391. The molecule has 15 heavy (non-hydrogen) atoms. The molecule has 84 valence electrons. The molecule has 2 nitrogen and oxygen atoms in total. The van der Waals surface area contributed by atoms with Gasteiger partial charge in [0.1, 0.15) is 11.5 Å². The summed E-state index contributed by atoms with van der Waals surface area (Å²) in [5, 5.41) is 0.746. The molecule has 1 heterocycles. The molecule has 1 aliphatic rings. The third kappa shape index (κ3) is 1.93. The number of hydrogen-bond acceptors (Lipinski definition) is 2. The maximum absolute atomic E-state index is 6.18. The second kappa shape index (κ2) is 3.84. The van der Waals surface area contributed by atoms with Crippen LogP contribution in [0.5, 0.6) is 0 Å². The molecule has 2 rings (SSSR count). The molecule has 0 unspecified atom stereocenters. The lowest BCUT2D eigenvalue weighted by Crippen LogP contribution is -2.17. The smallest absolute Gasteiger partial charge is 0.125 e. The normalized spacial score (nSPS) is 18.5. The number of halogens is 1. The Morgan fingerprint density at radius 2 is 2.07 bits per heavy atom. The average Bonchev–Trinajstić information content (AvgIpc) is 2.84. The molecular formula is C12H18ClNO. The van der Waals surface area contributed by atoms with E-state index in [1.54, 1.807) is 0 Å². The van der Waals surface area contributed by atoms with Crippen LogP contribution in [0.4, 0.5) is 0 Å². The Morgan fingerprint density at radius 3 is 2.53 bits per heavy atom. The lowest BCUT2D eigenvalue weighted by Gasteiger charge is -2.10. The number of furan rings is 1. The molecule has 3 heteroatoms. The van der Waals surface area contributed by atoms with Gasteiger partial charge in [0.2, 0.25) is 0 Å². The van der Waals surface area contributed by atoms with Gasteiger partial charge in [-0.25, -0.2) is 0 Å². The van der Waals surface area contributed by atoms with Gasteiger partial charge in [-0.3, -0.25) is 0 Å². The van der Waals surface area contributed by atoms with Crippen molar-refractivity contribution in [2.75, 3.05) is 0 Å². The van der Waals surface area contributed by atoms with E-state index in [0.29, 0.717) is 5.92 Å². The largest absolute Gasteiger partial charge is 0.462 e. The quantitative estimate of drug-likeness (QED) is 0.850. The van der Waals surface area contributed by atoms with Crippen LogP contribution >= 0.6 is 11.6 Å². The molecule has 0 radical (unpaired) electrons. The van der Waals surface area contributed by atoms with Crippen LogP contribution in [-0.4, -0.2) is 0 Å². The summed E-state index contributed by atoms with van der Waals surface area (Å²) in [6.45, 7) is 4.31. The predicted octanol–water partition coefficient (Wildman–Crippen LogP) is 3.78. The second-order valence-electron chi connectivity index (χ2n) is 4.49. The van der Waals surface area contributed by atoms with E-state index in [0.717, 1.165) is 42.2 Å². The van der Waals surface area contributed by atoms with Crippen molar-refractivity contribution in [3.05, 3.63) is 22.6 Å². The summed E-state index contributed by atoms with van der Waals surface area (Å²) in [7, 11) is 0. The van der Waals surface area contributed by atoms with Gasteiger partial charge >= 0.3 is 0 Å². The molecule has 0 aromatic carbocycles. The molecule has 2 N–H and O–H groups in total. The van der Waals surface area contributed by atoms with Crippen LogP contribution in [0, 0.1) is 0 Å². The average molecular weight is 228 g/mol. The first-order valence-corrected chi connectivity index (χ1v) is 6.07. The summed E-state index contributed by atoms with van der Waals surface area (Å²) in [5.41, 5.74) is 5.87. The van der Waals surface area contributed by atoms with E-state index in [4.69, 9.17) is 21.8 Å². The first kappa shape index (κ1) is 11.0. The Kier molecular flexibility index (Phi) is 2.82. The summed E-state index contributed by atoms with van der Waals surface area (Å²) in [6.07, 6.45) is 4.14. The molecule has 0 saturated heterocycles. The monoisotopic (exact) mass is 227 g/mol. The Labute approximate surface area is 95.8 Å². The zero-order valence-corrected chi connectivity index (χ0v) is 10.1. The molecule has 1 aromatic rings. The minimum Gasteiger partial charge on any atom is -0.462 e. The fourth-order valence-corrected chi connectivity index (χ4v) is 2.24. The van der Waals surface area contributed by atoms with Gasteiger partial charge in [0.05, 0.1) is 10.6 Å². The molecule has 1 aliphatic carbocycles. The Bertz CT molecular complexity index is 351. The molecular weight excluding hydrogens is 210 g/mol. The number of nitrogens with two attached hydrogens (primary N) is 1. The van der Waals surface area contributed by atoms with E-state index in [-0.39, 0.29) is 5.54 Å². The highest BCUT2D eigenvalue weighted by molar-refractivity contribution is 6.31. The maximum atomic E-state index is 6.18. The zero-order valence-electron chi connectivity index (χ0n) is 9.35. The van der Waals surface area contributed by atoms with Crippen molar-refractivity contribution in [1.82, 2.24) is 0 Å². The lowest BCUT2D eigenvalue weighted by atomic mass is 10.0. The van der Waals surface area contributed by atoms with Crippen LogP contribution in [0.3, 0.4) is 0 Å². The van der Waals surface area contributed by atoms with Crippen molar-refractivity contribution in [3.8, 4) is 0 Å². The predicted molar refractivity (Wildman–Crippen MR) is 62.1 cm³/mol. The molecule has 1 aromatic heterocycles. The Balaban J connectivity index is 2.28. The van der Waals surface area contributed by atoms with Gasteiger partial charge in [-0.1, -0.05) is 25.4 Å². The summed E-state index contributed by atoms with van der Waals surface area (Å²) < 4.78 is 5.83.